The number of alkyl halides is 3. The maximum absolute atomic E-state index is 12.7. The zero-order chi connectivity index (χ0) is 21.7. The number of aromatic nitrogens is 1. The summed E-state index contributed by atoms with van der Waals surface area (Å²) in [5.41, 5.74) is 1.10. The Morgan fingerprint density at radius 3 is 2.37 bits per heavy atom. The number of methoxy groups -OCH3 is 1. The van der Waals surface area contributed by atoms with Crippen LogP contribution in [0.15, 0.2) is 59.0 Å². The van der Waals surface area contributed by atoms with Gasteiger partial charge in [-0.05, 0) is 55.0 Å². The van der Waals surface area contributed by atoms with E-state index in [2.05, 4.69) is 9.72 Å². The molecule has 8 heteroatoms. The van der Waals surface area contributed by atoms with Gasteiger partial charge in [-0.2, -0.15) is 13.2 Å². The summed E-state index contributed by atoms with van der Waals surface area (Å²) in [5, 5.41) is 0. The molecule has 0 saturated carbocycles. The van der Waals surface area contributed by atoms with Gasteiger partial charge in [-0.25, -0.2) is 9.78 Å². The number of ether oxygens (including phenoxy) is 2. The number of carbonyl (C=O) groups is 1. The third-order valence-electron chi connectivity index (χ3n) is 4.21. The predicted octanol–water partition coefficient (Wildman–Crippen LogP) is 5.43. The summed E-state index contributed by atoms with van der Waals surface area (Å²) < 4.78 is 54.0. The molecule has 5 nitrogen and oxygen atoms in total. The molecule has 30 heavy (non-hydrogen) atoms. The van der Waals surface area contributed by atoms with E-state index in [0.29, 0.717) is 22.8 Å². The maximum atomic E-state index is 12.7. The summed E-state index contributed by atoms with van der Waals surface area (Å²) in [6.07, 6.45) is -1.46. The Kier molecular flexibility index (Phi) is 6.25. The van der Waals surface area contributed by atoms with Crippen LogP contribution in [-0.4, -0.2) is 18.1 Å². The van der Waals surface area contributed by atoms with E-state index < -0.39 is 17.7 Å². The molecular formula is C22H18F3NO4. The Hall–Kier alpha value is -3.55. The van der Waals surface area contributed by atoms with Crippen LogP contribution in [0.5, 0.6) is 5.75 Å². The Morgan fingerprint density at radius 1 is 1.10 bits per heavy atom. The summed E-state index contributed by atoms with van der Waals surface area (Å²) >= 11 is 0. The van der Waals surface area contributed by atoms with E-state index in [1.54, 1.807) is 37.3 Å². The Balaban J connectivity index is 1.65. The molecule has 0 N–H and O–H groups in total. The average molecular weight is 417 g/mol. The van der Waals surface area contributed by atoms with Crippen LogP contribution in [-0.2, 0) is 22.3 Å². The first kappa shape index (κ1) is 21.2. The van der Waals surface area contributed by atoms with Gasteiger partial charge in [0.2, 0.25) is 5.89 Å². The second-order valence-electron chi connectivity index (χ2n) is 6.32. The molecule has 3 rings (SSSR count). The molecule has 0 bridgehead atoms. The molecule has 0 aliphatic carbocycles. The van der Waals surface area contributed by atoms with Crippen LogP contribution in [0.3, 0.4) is 0 Å². The first-order chi connectivity index (χ1) is 14.3. The molecule has 0 spiro atoms. The molecule has 0 aliphatic rings. The van der Waals surface area contributed by atoms with Crippen LogP contribution in [0.4, 0.5) is 13.2 Å². The number of rotatable bonds is 6. The topological polar surface area (TPSA) is 61.6 Å². The van der Waals surface area contributed by atoms with Gasteiger partial charge in [0, 0.05) is 11.6 Å². The highest BCUT2D eigenvalue weighted by atomic mass is 19.4. The van der Waals surface area contributed by atoms with Gasteiger partial charge in [0.15, 0.2) is 5.76 Å². The van der Waals surface area contributed by atoms with Crippen LogP contribution >= 0.6 is 0 Å². The predicted molar refractivity (Wildman–Crippen MR) is 104 cm³/mol. The molecule has 1 aromatic heterocycles. The van der Waals surface area contributed by atoms with Crippen molar-refractivity contribution in [2.45, 2.75) is 19.7 Å². The number of oxazole rings is 1. The number of hydrogen-bond donors (Lipinski definition) is 0. The van der Waals surface area contributed by atoms with Crippen molar-refractivity contribution in [2.75, 3.05) is 7.11 Å². The molecule has 2 aromatic carbocycles. The lowest BCUT2D eigenvalue weighted by atomic mass is 10.1. The van der Waals surface area contributed by atoms with Gasteiger partial charge in [0.05, 0.1) is 18.4 Å². The van der Waals surface area contributed by atoms with Gasteiger partial charge in [-0.1, -0.05) is 12.1 Å². The molecule has 0 saturated heterocycles. The lowest BCUT2D eigenvalue weighted by molar-refractivity contribution is -0.137. The van der Waals surface area contributed by atoms with Crippen molar-refractivity contribution in [3.63, 3.8) is 0 Å². The van der Waals surface area contributed by atoms with E-state index in [4.69, 9.17) is 9.15 Å². The fraction of sp³-hybridized carbons (Fsp3) is 0.182. The first-order valence-corrected chi connectivity index (χ1v) is 8.89. The van der Waals surface area contributed by atoms with Crippen molar-refractivity contribution in [3.05, 3.63) is 77.2 Å². The monoisotopic (exact) mass is 417 g/mol. The summed E-state index contributed by atoms with van der Waals surface area (Å²) in [4.78, 5) is 15.4. The zero-order valence-corrected chi connectivity index (χ0v) is 16.2. The maximum Gasteiger partial charge on any atom is 0.416 e. The number of nitrogens with zero attached hydrogens (tertiary/aromatic N) is 1. The van der Waals surface area contributed by atoms with E-state index in [1.165, 1.54) is 25.3 Å². The first-order valence-electron chi connectivity index (χ1n) is 8.89. The van der Waals surface area contributed by atoms with Gasteiger partial charge in [-0.15, -0.1) is 0 Å². The summed E-state index contributed by atoms with van der Waals surface area (Å²) in [7, 11) is 1.30. The smallest absolute Gasteiger partial charge is 0.416 e. The molecule has 3 aromatic rings. The van der Waals surface area contributed by atoms with Gasteiger partial charge < -0.3 is 13.9 Å². The van der Waals surface area contributed by atoms with Gasteiger partial charge >= 0.3 is 12.1 Å². The van der Waals surface area contributed by atoms with Crippen LogP contribution in [0.2, 0.25) is 0 Å². The van der Waals surface area contributed by atoms with E-state index in [9.17, 15) is 18.0 Å². The summed E-state index contributed by atoms with van der Waals surface area (Å²) in [6.45, 7) is 1.84. The third kappa shape index (κ3) is 5.28. The van der Waals surface area contributed by atoms with Gasteiger partial charge in [0.25, 0.3) is 0 Å². The molecule has 0 fully saturated rings. The normalized spacial score (nSPS) is 11.6. The zero-order valence-electron chi connectivity index (χ0n) is 16.2. The van der Waals surface area contributed by atoms with E-state index in [0.717, 1.165) is 17.7 Å². The van der Waals surface area contributed by atoms with Crippen LogP contribution < -0.4 is 4.74 Å². The van der Waals surface area contributed by atoms with Crippen LogP contribution in [0.25, 0.3) is 17.5 Å². The van der Waals surface area contributed by atoms with Crippen molar-refractivity contribution in [1.82, 2.24) is 4.98 Å². The largest absolute Gasteiger partial charge is 0.486 e. The van der Waals surface area contributed by atoms with E-state index >= 15 is 0 Å². The molecule has 0 atom stereocenters. The second-order valence-corrected chi connectivity index (χ2v) is 6.32. The summed E-state index contributed by atoms with van der Waals surface area (Å²) in [6, 6.07) is 11.6. The molecular weight excluding hydrogens is 399 g/mol. The molecule has 0 unspecified atom stereocenters. The van der Waals surface area contributed by atoms with Crippen LogP contribution in [0, 0.1) is 6.92 Å². The molecule has 0 aliphatic heterocycles. The van der Waals surface area contributed by atoms with Gasteiger partial charge in [0.1, 0.15) is 12.4 Å². The number of benzene rings is 2. The number of aryl methyl sites for hydroxylation is 1. The minimum Gasteiger partial charge on any atom is -0.486 e. The SMILES string of the molecule is COC(=O)/C=C/c1ccc(OCc2oc(-c3ccc(C(F)(F)F)cc3)nc2C)cc1. The number of halogens is 3. The Morgan fingerprint density at radius 2 is 1.77 bits per heavy atom. The van der Waals surface area contributed by atoms with Crippen LogP contribution in [0.1, 0.15) is 22.6 Å². The minimum atomic E-state index is -4.39. The Labute approximate surface area is 170 Å². The lowest BCUT2D eigenvalue weighted by Gasteiger charge is -2.06. The van der Waals surface area contributed by atoms with E-state index in [1.807, 2.05) is 0 Å². The lowest BCUT2D eigenvalue weighted by Crippen LogP contribution is -2.03. The van der Waals surface area contributed by atoms with Crippen molar-refractivity contribution < 1.29 is 31.9 Å². The molecule has 1 heterocycles. The second kappa shape index (κ2) is 8.86. The molecule has 0 amide bonds. The fourth-order valence-corrected chi connectivity index (χ4v) is 2.54. The standard InChI is InChI=1S/C22H18F3NO4/c1-14-19(13-29-18-10-3-15(4-11-18)5-12-20(27)28-2)30-21(26-14)16-6-8-17(9-7-16)22(23,24)25/h3-12H,13H2,1-2H3/b12-5+. The van der Waals surface area contributed by atoms with E-state index in [-0.39, 0.29) is 12.5 Å². The third-order valence-corrected chi connectivity index (χ3v) is 4.21. The van der Waals surface area contributed by atoms with Crippen molar-refractivity contribution in [3.8, 4) is 17.2 Å². The van der Waals surface area contributed by atoms with Crippen molar-refractivity contribution in [2.24, 2.45) is 0 Å². The Bertz CT molecular complexity index is 1040. The highest BCUT2D eigenvalue weighted by molar-refractivity contribution is 5.86. The highest BCUT2D eigenvalue weighted by Crippen LogP contribution is 2.31. The molecule has 0 radical (unpaired) electrons. The highest BCUT2D eigenvalue weighted by Gasteiger charge is 2.30. The van der Waals surface area contributed by atoms with Crippen molar-refractivity contribution >= 4 is 12.0 Å². The number of hydrogen-bond acceptors (Lipinski definition) is 5. The molecule has 156 valence electrons. The average Bonchev–Trinajstić information content (AvgIpc) is 3.11. The number of carbonyl (C=O) groups excluding carboxylic acids is 1. The van der Waals surface area contributed by atoms with Crippen molar-refractivity contribution in [1.29, 1.82) is 0 Å². The summed E-state index contributed by atoms with van der Waals surface area (Å²) in [5.74, 6) is 0.833. The fourth-order valence-electron chi connectivity index (χ4n) is 2.54. The minimum absolute atomic E-state index is 0.108. The van der Waals surface area contributed by atoms with Gasteiger partial charge in [-0.3, -0.25) is 0 Å². The quantitative estimate of drug-likeness (QED) is 0.395. The number of esters is 1.